The average molecular weight is 306 g/mol. The molecular formula is C10H10BrClN2O2. The van der Waals surface area contributed by atoms with Crippen molar-refractivity contribution < 1.29 is 9.53 Å². The predicted octanol–water partition coefficient (Wildman–Crippen LogP) is 2.98. The first-order valence-corrected chi connectivity index (χ1v) is 5.73. The topological polar surface area (TPSA) is 50.7 Å². The molecule has 0 saturated heterocycles. The molecule has 0 saturated carbocycles. The second-order valence-corrected chi connectivity index (χ2v) is 3.93. The van der Waals surface area contributed by atoms with E-state index in [4.69, 9.17) is 11.6 Å². The van der Waals surface area contributed by atoms with Crippen LogP contribution >= 0.6 is 27.5 Å². The fourth-order valence-electron chi connectivity index (χ4n) is 0.897. The van der Waals surface area contributed by atoms with Crippen LogP contribution in [0.25, 0.3) is 0 Å². The van der Waals surface area contributed by atoms with Crippen LogP contribution in [0.15, 0.2) is 33.8 Å². The number of hydrogen-bond acceptors (Lipinski definition) is 4. The number of para-hydroxylation sites is 1. The minimum atomic E-state index is -0.649. The van der Waals surface area contributed by atoms with Crippen LogP contribution in [-0.2, 0) is 9.53 Å². The van der Waals surface area contributed by atoms with Gasteiger partial charge in [0.25, 0.3) is 0 Å². The van der Waals surface area contributed by atoms with Crippen LogP contribution in [0, 0.1) is 0 Å². The highest BCUT2D eigenvalue weighted by molar-refractivity contribution is 9.10. The molecule has 1 rings (SSSR count). The molecule has 0 radical (unpaired) electrons. The molecule has 0 aliphatic heterocycles. The van der Waals surface area contributed by atoms with Gasteiger partial charge in [-0.05, 0) is 35.0 Å². The van der Waals surface area contributed by atoms with E-state index in [-0.39, 0.29) is 11.8 Å². The number of ether oxygens (including phenoxy) is 1. The smallest absolute Gasteiger partial charge is 0.370 e. The number of hydrogen-bond donors (Lipinski definition) is 1. The largest absolute Gasteiger partial charge is 0.461 e. The second-order valence-electron chi connectivity index (χ2n) is 2.71. The van der Waals surface area contributed by atoms with Gasteiger partial charge >= 0.3 is 5.97 Å². The fourth-order valence-corrected chi connectivity index (χ4v) is 1.37. The van der Waals surface area contributed by atoms with Crippen molar-refractivity contribution in [2.45, 2.75) is 6.92 Å². The second kappa shape index (κ2) is 6.50. The molecule has 0 heterocycles. The van der Waals surface area contributed by atoms with Crippen LogP contribution in [0.2, 0.25) is 0 Å². The molecule has 16 heavy (non-hydrogen) atoms. The Balaban J connectivity index is 2.66. The number of esters is 1. The van der Waals surface area contributed by atoms with Gasteiger partial charge in [-0.1, -0.05) is 23.7 Å². The predicted molar refractivity (Wildman–Crippen MR) is 67.7 cm³/mol. The lowest BCUT2D eigenvalue weighted by atomic mass is 10.3. The molecule has 1 N–H and O–H groups in total. The number of nitrogens with one attached hydrogen (secondary N) is 1. The van der Waals surface area contributed by atoms with Gasteiger partial charge in [-0.15, -0.1) is 0 Å². The summed E-state index contributed by atoms with van der Waals surface area (Å²) in [4.78, 5) is 11.1. The molecule has 0 spiro atoms. The molecule has 1 aromatic carbocycles. The van der Waals surface area contributed by atoms with Crippen molar-refractivity contribution >= 4 is 44.4 Å². The molecule has 0 aliphatic rings. The molecule has 0 bridgehead atoms. The van der Waals surface area contributed by atoms with E-state index in [1.165, 1.54) is 0 Å². The molecule has 0 aromatic heterocycles. The van der Waals surface area contributed by atoms with Crippen LogP contribution in [0.1, 0.15) is 6.92 Å². The number of carbonyl (C=O) groups excluding carboxylic acids is 1. The molecule has 0 amide bonds. The summed E-state index contributed by atoms with van der Waals surface area (Å²) in [5.41, 5.74) is 3.37. The molecule has 4 nitrogen and oxygen atoms in total. The molecule has 0 atom stereocenters. The van der Waals surface area contributed by atoms with Crippen molar-refractivity contribution in [3.63, 3.8) is 0 Å². The number of nitrogens with zero attached hydrogens (tertiary/aromatic N) is 1. The third kappa shape index (κ3) is 3.83. The summed E-state index contributed by atoms with van der Waals surface area (Å²) in [7, 11) is 0. The van der Waals surface area contributed by atoms with Gasteiger partial charge < -0.3 is 4.74 Å². The first kappa shape index (κ1) is 13.0. The summed E-state index contributed by atoms with van der Waals surface area (Å²) in [6.45, 7) is 1.96. The number of halogens is 2. The summed E-state index contributed by atoms with van der Waals surface area (Å²) < 4.78 is 5.49. The van der Waals surface area contributed by atoms with Crippen molar-refractivity contribution in [2.75, 3.05) is 12.0 Å². The maximum atomic E-state index is 11.1. The zero-order valence-corrected chi connectivity index (χ0v) is 10.9. The summed E-state index contributed by atoms with van der Waals surface area (Å²) in [6.07, 6.45) is 0. The number of anilines is 1. The Kier molecular flexibility index (Phi) is 5.28. The van der Waals surface area contributed by atoms with E-state index in [9.17, 15) is 4.79 Å². The van der Waals surface area contributed by atoms with E-state index >= 15 is 0 Å². The summed E-state index contributed by atoms with van der Waals surface area (Å²) >= 11 is 8.93. The van der Waals surface area contributed by atoms with Gasteiger partial charge in [0, 0.05) is 4.47 Å². The molecule has 6 heteroatoms. The van der Waals surface area contributed by atoms with Crippen LogP contribution in [0.3, 0.4) is 0 Å². The zero-order valence-electron chi connectivity index (χ0n) is 8.54. The lowest BCUT2D eigenvalue weighted by molar-refractivity contribution is -0.134. The molecule has 1 aromatic rings. The van der Waals surface area contributed by atoms with Gasteiger partial charge in [0.05, 0.1) is 12.3 Å². The Morgan fingerprint density at radius 1 is 1.56 bits per heavy atom. The fraction of sp³-hybridized carbons (Fsp3) is 0.200. The molecule has 0 fully saturated rings. The number of carbonyl (C=O) groups is 1. The van der Waals surface area contributed by atoms with Gasteiger partial charge in [-0.25, -0.2) is 4.79 Å². The zero-order chi connectivity index (χ0) is 12.0. The maximum absolute atomic E-state index is 11.1. The Hall–Kier alpha value is -1.07. The SMILES string of the molecule is CCOC(=O)C(Cl)=NNc1ccccc1Br. The Labute approximate surface area is 107 Å². The van der Waals surface area contributed by atoms with Crippen molar-refractivity contribution in [2.24, 2.45) is 5.10 Å². The first-order chi connectivity index (χ1) is 7.65. The monoisotopic (exact) mass is 304 g/mol. The van der Waals surface area contributed by atoms with E-state index in [0.717, 1.165) is 4.47 Å². The number of benzene rings is 1. The Morgan fingerprint density at radius 2 is 2.25 bits per heavy atom. The van der Waals surface area contributed by atoms with Crippen molar-refractivity contribution in [3.8, 4) is 0 Å². The Bertz CT molecular complexity index is 410. The van der Waals surface area contributed by atoms with E-state index < -0.39 is 5.97 Å². The number of rotatable bonds is 4. The molecular weight excluding hydrogens is 295 g/mol. The Morgan fingerprint density at radius 3 is 2.88 bits per heavy atom. The maximum Gasteiger partial charge on any atom is 0.370 e. The highest BCUT2D eigenvalue weighted by Gasteiger charge is 2.08. The number of hydrazone groups is 1. The van der Waals surface area contributed by atoms with Gasteiger partial charge in [-0.2, -0.15) is 5.10 Å². The lowest BCUT2D eigenvalue weighted by Crippen LogP contribution is -2.13. The quantitative estimate of drug-likeness (QED) is 0.528. The van der Waals surface area contributed by atoms with Crippen LogP contribution in [0.5, 0.6) is 0 Å². The first-order valence-electron chi connectivity index (χ1n) is 4.56. The highest BCUT2D eigenvalue weighted by atomic mass is 79.9. The van der Waals surface area contributed by atoms with Crippen molar-refractivity contribution in [3.05, 3.63) is 28.7 Å². The summed E-state index contributed by atoms with van der Waals surface area (Å²) in [6, 6.07) is 7.34. The third-order valence-corrected chi connectivity index (χ3v) is 2.52. The molecule has 86 valence electrons. The van der Waals surface area contributed by atoms with Crippen LogP contribution in [0.4, 0.5) is 5.69 Å². The van der Waals surface area contributed by atoms with Crippen LogP contribution < -0.4 is 5.43 Å². The van der Waals surface area contributed by atoms with Crippen molar-refractivity contribution in [1.82, 2.24) is 0 Å². The minimum Gasteiger partial charge on any atom is -0.461 e. The van der Waals surface area contributed by atoms with Crippen molar-refractivity contribution in [1.29, 1.82) is 0 Å². The minimum absolute atomic E-state index is 0.238. The van der Waals surface area contributed by atoms with E-state index in [1.54, 1.807) is 13.0 Å². The van der Waals surface area contributed by atoms with E-state index in [2.05, 4.69) is 31.2 Å². The van der Waals surface area contributed by atoms with Gasteiger partial charge in [0.1, 0.15) is 0 Å². The summed E-state index contributed by atoms with van der Waals surface area (Å²) in [5.74, 6) is -0.649. The highest BCUT2D eigenvalue weighted by Crippen LogP contribution is 2.21. The van der Waals surface area contributed by atoms with Gasteiger partial charge in [-0.3, -0.25) is 5.43 Å². The van der Waals surface area contributed by atoms with E-state index in [1.807, 2.05) is 18.2 Å². The van der Waals surface area contributed by atoms with Gasteiger partial charge in [0.15, 0.2) is 0 Å². The lowest BCUT2D eigenvalue weighted by Gasteiger charge is -2.03. The normalized spacial score (nSPS) is 11.1. The molecule has 0 aliphatic carbocycles. The average Bonchev–Trinajstić information content (AvgIpc) is 2.28. The van der Waals surface area contributed by atoms with E-state index in [0.29, 0.717) is 5.69 Å². The third-order valence-electron chi connectivity index (χ3n) is 1.59. The van der Waals surface area contributed by atoms with Crippen LogP contribution in [-0.4, -0.2) is 17.7 Å². The standard InChI is InChI=1S/C10H10BrClN2O2/c1-2-16-10(15)9(12)14-13-8-6-4-3-5-7(8)11/h3-6,13H,2H2,1H3. The summed E-state index contributed by atoms with van der Waals surface area (Å²) in [5, 5.41) is 3.46. The van der Waals surface area contributed by atoms with Gasteiger partial charge in [0.2, 0.25) is 5.17 Å². The molecule has 0 unspecified atom stereocenters.